The van der Waals surface area contributed by atoms with Crippen molar-refractivity contribution in [2.45, 2.75) is 26.6 Å². The van der Waals surface area contributed by atoms with E-state index in [2.05, 4.69) is 10.1 Å². The summed E-state index contributed by atoms with van der Waals surface area (Å²) in [6.45, 7) is 0.500. The molecule has 1 N–H and O–H groups in total. The van der Waals surface area contributed by atoms with Crippen molar-refractivity contribution in [1.29, 1.82) is 0 Å². The Kier molecular flexibility index (Phi) is 6.18. The second kappa shape index (κ2) is 8.77. The van der Waals surface area contributed by atoms with Crippen LogP contribution in [0.15, 0.2) is 30.3 Å². The average Bonchev–Trinajstić information content (AvgIpc) is 3.11. The van der Waals surface area contributed by atoms with Gasteiger partial charge in [-0.25, -0.2) is 0 Å². The predicted octanol–water partition coefficient (Wildman–Crippen LogP) is 3.71. The number of fused-ring (bicyclic) bond motifs is 1. The predicted molar refractivity (Wildman–Crippen MR) is 93.9 cm³/mol. The van der Waals surface area contributed by atoms with Gasteiger partial charge in [-0.15, -0.1) is 0 Å². The first kappa shape index (κ1) is 19.0. The van der Waals surface area contributed by atoms with Gasteiger partial charge in [-0.3, -0.25) is 0 Å². The fraction of sp³-hybridized carbons (Fsp3) is 0.368. The number of alkyl halides is 2. The van der Waals surface area contributed by atoms with Crippen molar-refractivity contribution in [2.24, 2.45) is 0 Å². The van der Waals surface area contributed by atoms with Crippen molar-refractivity contribution < 1.29 is 32.5 Å². The van der Waals surface area contributed by atoms with Crippen molar-refractivity contribution in [2.75, 3.05) is 20.5 Å². The van der Waals surface area contributed by atoms with Crippen LogP contribution < -0.4 is 29.0 Å². The summed E-state index contributed by atoms with van der Waals surface area (Å²) >= 11 is 0. The van der Waals surface area contributed by atoms with Gasteiger partial charge in [0.15, 0.2) is 23.0 Å². The lowest BCUT2D eigenvalue weighted by molar-refractivity contribution is -0.0514. The third-order valence-corrected chi connectivity index (χ3v) is 3.90. The number of nitrogens with one attached hydrogen (secondary N) is 1. The minimum absolute atomic E-state index is 0.0242. The Labute approximate surface area is 155 Å². The number of methoxy groups -OCH3 is 1. The highest BCUT2D eigenvalue weighted by Crippen LogP contribution is 2.41. The quantitative estimate of drug-likeness (QED) is 0.715. The smallest absolute Gasteiger partial charge is 0.387 e. The van der Waals surface area contributed by atoms with Crippen molar-refractivity contribution in [3.05, 3.63) is 41.5 Å². The number of hydrogen-bond donors (Lipinski definition) is 1. The summed E-state index contributed by atoms with van der Waals surface area (Å²) in [5, 5.41) is 3.29. The van der Waals surface area contributed by atoms with E-state index in [1.54, 1.807) is 26.2 Å². The van der Waals surface area contributed by atoms with Gasteiger partial charge in [-0.05, 0) is 42.3 Å². The second-order valence-corrected chi connectivity index (χ2v) is 5.73. The first-order chi connectivity index (χ1) is 13.1. The maximum Gasteiger partial charge on any atom is 0.387 e. The van der Waals surface area contributed by atoms with E-state index in [0.717, 1.165) is 11.1 Å². The molecule has 8 heteroatoms. The van der Waals surface area contributed by atoms with Crippen molar-refractivity contribution in [3.8, 4) is 28.7 Å². The number of rotatable bonds is 9. The molecule has 0 radical (unpaired) electrons. The van der Waals surface area contributed by atoms with Gasteiger partial charge in [0, 0.05) is 13.1 Å². The summed E-state index contributed by atoms with van der Waals surface area (Å²) in [5.41, 5.74) is 1.85. The summed E-state index contributed by atoms with van der Waals surface area (Å²) in [4.78, 5) is 0. The van der Waals surface area contributed by atoms with Crippen LogP contribution in [-0.4, -0.2) is 27.1 Å². The summed E-state index contributed by atoms with van der Waals surface area (Å²) in [6.07, 6.45) is 0. The van der Waals surface area contributed by atoms with Crippen molar-refractivity contribution >= 4 is 0 Å². The van der Waals surface area contributed by atoms with Gasteiger partial charge >= 0.3 is 6.61 Å². The molecule has 1 aliphatic heterocycles. The molecule has 3 rings (SSSR count). The van der Waals surface area contributed by atoms with E-state index in [1.807, 2.05) is 12.1 Å². The van der Waals surface area contributed by atoms with Crippen LogP contribution >= 0.6 is 0 Å². The molecule has 0 aromatic heterocycles. The minimum Gasteiger partial charge on any atom is -0.493 e. The third-order valence-electron chi connectivity index (χ3n) is 3.90. The average molecular weight is 381 g/mol. The third kappa shape index (κ3) is 4.71. The highest BCUT2D eigenvalue weighted by atomic mass is 19.3. The molecular formula is C19H21F2NO5. The monoisotopic (exact) mass is 381 g/mol. The van der Waals surface area contributed by atoms with E-state index in [1.165, 1.54) is 6.07 Å². The molecule has 0 aliphatic carbocycles. The zero-order valence-electron chi connectivity index (χ0n) is 15.1. The van der Waals surface area contributed by atoms with Crippen LogP contribution in [0.3, 0.4) is 0 Å². The van der Waals surface area contributed by atoms with Gasteiger partial charge in [-0.1, -0.05) is 6.07 Å². The van der Waals surface area contributed by atoms with Crippen molar-refractivity contribution in [3.63, 3.8) is 0 Å². The van der Waals surface area contributed by atoms with E-state index in [9.17, 15) is 8.78 Å². The van der Waals surface area contributed by atoms with Crippen LogP contribution in [0.1, 0.15) is 18.1 Å². The molecule has 0 fully saturated rings. The SMILES string of the molecule is CCOc1cc(CNCc2cc(OC)c3c(c2)OCO3)ccc1OC(F)F. The molecular weight excluding hydrogens is 360 g/mol. The molecule has 0 saturated heterocycles. The summed E-state index contributed by atoms with van der Waals surface area (Å²) in [5.74, 6) is 2.20. The molecule has 2 aromatic carbocycles. The number of ether oxygens (including phenoxy) is 5. The Morgan fingerprint density at radius 1 is 1.04 bits per heavy atom. The molecule has 0 saturated carbocycles. The van der Waals surface area contributed by atoms with Crippen LogP contribution in [0.2, 0.25) is 0 Å². The second-order valence-electron chi connectivity index (χ2n) is 5.73. The first-order valence-corrected chi connectivity index (χ1v) is 8.48. The van der Waals surface area contributed by atoms with Crippen LogP contribution in [0.5, 0.6) is 28.7 Å². The van der Waals surface area contributed by atoms with Crippen molar-refractivity contribution in [1.82, 2.24) is 5.32 Å². The maximum atomic E-state index is 12.5. The van der Waals surface area contributed by atoms with E-state index >= 15 is 0 Å². The van der Waals surface area contributed by atoms with Crippen LogP contribution in [0, 0.1) is 0 Å². The maximum absolute atomic E-state index is 12.5. The largest absolute Gasteiger partial charge is 0.493 e. The Morgan fingerprint density at radius 3 is 2.56 bits per heavy atom. The fourth-order valence-corrected chi connectivity index (χ4v) is 2.76. The number of benzene rings is 2. The van der Waals surface area contributed by atoms with Crippen LogP contribution in [0.4, 0.5) is 8.78 Å². The van der Waals surface area contributed by atoms with E-state index in [4.69, 9.17) is 18.9 Å². The molecule has 0 amide bonds. The zero-order valence-corrected chi connectivity index (χ0v) is 15.1. The topological polar surface area (TPSA) is 58.2 Å². The highest BCUT2D eigenvalue weighted by molar-refractivity contribution is 5.55. The van der Waals surface area contributed by atoms with E-state index in [-0.39, 0.29) is 12.5 Å². The lowest BCUT2D eigenvalue weighted by Gasteiger charge is -2.13. The first-order valence-electron chi connectivity index (χ1n) is 8.48. The molecule has 0 spiro atoms. The van der Waals surface area contributed by atoms with Crippen LogP contribution in [0.25, 0.3) is 0 Å². The molecule has 27 heavy (non-hydrogen) atoms. The molecule has 1 aliphatic rings. The highest BCUT2D eigenvalue weighted by Gasteiger charge is 2.20. The lowest BCUT2D eigenvalue weighted by atomic mass is 10.1. The molecule has 6 nitrogen and oxygen atoms in total. The zero-order chi connectivity index (χ0) is 19.2. The van der Waals surface area contributed by atoms with Gasteiger partial charge in [0.05, 0.1) is 13.7 Å². The molecule has 2 aromatic rings. The van der Waals surface area contributed by atoms with Gasteiger partial charge in [0.25, 0.3) is 0 Å². The molecule has 0 bridgehead atoms. The normalized spacial score (nSPS) is 12.3. The summed E-state index contributed by atoms with van der Waals surface area (Å²) in [6, 6.07) is 8.66. The van der Waals surface area contributed by atoms with Gasteiger partial charge in [0.2, 0.25) is 12.5 Å². The minimum atomic E-state index is -2.89. The standard InChI is InChI=1S/C19H21F2NO5/c1-3-24-15-6-12(4-5-14(15)27-19(20)21)9-22-10-13-7-16(23-2)18-17(8-13)25-11-26-18/h4-8,19,22H,3,9-11H2,1-2H3. The Morgan fingerprint density at radius 2 is 1.81 bits per heavy atom. The molecule has 146 valence electrons. The molecule has 1 heterocycles. The van der Waals surface area contributed by atoms with E-state index in [0.29, 0.717) is 42.7 Å². The van der Waals surface area contributed by atoms with Gasteiger partial charge < -0.3 is 29.0 Å². The Bertz CT molecular complexity index is 785. The number of halogens is 2. The number of hydrogen-bond acceptors (Lipinski definition) is 6. The molecule has 0 atom stereocenters. The van der Waals surface area contributed by atoms with E-state index < -0.39 is 6.61 Å². The van der Waals surface area contributed by atoms with Crippen LogP contribution in [-0.2, 0) is 13.1 Å². The summed E-state index contributed by atoms with van der Waals surface area (Å²) < 4.78 is 50.9. The lowest BCUT2D eigenvalue weighted by Crippen LogP contribution is -2.13. The fourth-order valence-electron chi connectivity index (χ4n) is 2.76. The summed E-state index contributed by atoms with van der Waals surface area (Å²) in [7, 11) is 1.58. The van der Waals surface area contributed by atoms with Gasteiger partial charge in [-0.2, -0.15) is 8.78 Å². The van der Waals surface area contributed by atoms with Gasteiger partial charge in [0.1, 0.15) is 0 Å². The Balaban J connectivity index is 1.64. The Hall–Kier alpha value is -2.74. The molecule has 0 unspecified atom stereocenters.